The number of carbonyl (C=O) groups excluding carboxylic acids is 1. The van der Waals surface area contributed by atoms with E-state index in [-0.39, 0.29) is 18.0 Å². The summed E-state index contributed by atoms with van der Waals surface area (Å²) in [6, 6.07) is 8.13. The lowest BCUT2D eigenvalue weighted by molar-refractivity contribution is -0.384. The van der Waals surface area contributed by atoms with Gasteiger partial charge in [0.25, 0.3) is 5.69 Å². The minimum Gasteiger partial charge on any atom is -0.338 e. The Morgan fingerprint density at radius 1 is 1.29 bits per heavy atom. The summed E-state index contributed by atoms with van der Waals surface area (Å²) < 4.78 is 0. The SMILES string of the molecule is N#CC1(NC(=O)Cc2ccc([N+](=O)[O-])cc2)CCCCC1. The van der Waals surface area contributed by atoms with Gasteiger partial charge in [0.1, 0.15) is 5.54 Å². The fraction of sp³-hybridized carbons (Fsp3) is 0.467. The third kappa shape index (κ3) is 3.78. The number of nitro benzene ring substituents is 1. The molecule has 1 aliphatic rings. The Hall–Kier alpha value is -2.42. The Morgan fingerprint density at radius 3 is 2.43 bits per heavy atom. The molecule has 1 saturated carbocycles. The minimum absolute atomic E-state index is 0.0000613. The fourth-order valence-corrected chi connectivity index (χ4v) is 2.65. The number of hydrogen-bond donors (Lipinski definition) is 1. The molecule has 6 heteroatoms. The molecule has 0 bridgehead atoms. The van der Waals surface area contributed by atoms with E-state index >= 15 is 0 Å². The summed E-state index contributed by atoms with van der Waals surface area (Å²) in [5, 5.41) is 22.7. The Kier molecular flexibility index (Phi) is 4.53. The molecule has 6 nitrogen and oxygen atoms in total. The van der Waals surface area contributed by atoms with Gasteiger partial charge in [0, 0.05) is 12.1 Å². The van der Waals surface area contributed by atoms with Gasteiger partial charge in [0.2, 0.25) is 5.91 Å². The summed E-state index contributed by atoms with van der Waals surface area (Å²) in [6.07, 6.45) is 4.50. The van der Waals surface area contributed by atoms with Gasteiger partial charge in [-0.3, -0.25) is 14.9 Å². The van der Waals surface area contributed by atoms with Crippen LogP contribution in [0.3, 0.4) is 0 Å². The highest BCUT2D eigenvalue weighted by molar-refractivity contribution is 5.79. The van der Waals surface area contributed by atoms with Gasteiger partial charge < -0.3 is 5.32 Å². The summed E-state index contributed by atoms with van der Waals surface area (Å²) in [4.78, 5) is 22.2. The number of nitrogens with zero attached hydrogens (tertiary/aromatic N) is 2. The van der Waals surface area contributed by atoms with E-state index in [9.17, 15) is 20.2 Å². The molecule has 1 aromatic carbocycles. The molecule has 0 atom stereocenters. The average Bonchev–Trinajstić information content (AvgIpc) is 2.48. The van der Waals surface area contributed by atoms with Crippen LogP contribution >= 0.6 is 0 Å². The van der Waals surface area contributed by atoms with Crippen molar-refractivity contribution in [3.05, 3.63) is 39.9 Å². The van der Waals surface area contributed by atoms with Crippen molar-refractivity contribution in [3.63, 3.8) is 0 Å². The van der Waals surface area contributed by atoms with E-state index in [1.807, 2.05) is 0 Å². The zero-order chi connectivity index (χ0) is 15.3. The third-order valence-electron chi connectivity index (χ3n) is 3.81. The number of nitriles is 1. The molecule has 1 fully saturated rings. The average molecular weight is 287 g/mol. The molecule has 0 aromatic heterocycles. The molecule has 110 valence electrons. The van der Waals surface area contributed by atoms with Gasteiger partial charge in [0.15, 0.2) is 0 Å². The van der Waals surface area contributed by atoms with Gasteiger partial charge >= 0.3 is 0 Å². The second-order valence-corrected chi connectivity index (χ2v) is 5.40. The lowest BCUT2D eigenvalue weighted by Crippen LogP contribution is -2.49. The van der Waals surface area contributed by atoms with Crippen molar-refractivity contribution < 1.29 is 9.72 Å². The van der Waals surface area contributed by atoms with Crippen molar-refractivity contribution in [2.75, 3.05) is 0 Å². The van der Waals surface area contributed by atoms with Crippen LogP contribution in [0.15, 0.2) is 24.3 Å². The van der Waals surface area contributed by atoms with Crippen LogP contribution in [-0.4, -0.2) is 16.4 Å². The standard InChI is InChI=1S/C15H17N3O3/c16-11-15(8-2-1-3-9-15)17-14(19)10-12-4-6-13(7-5-12)18(20)21/h4-7H,1-3,8-10H2,(H,17,19). The zero-order valence-corrected chi connectivity index (χ0v) is 11.7. The topological polar surface area (TPSA) is 96.0 Å². The number of nitrogens with one attached hydrogen (secondary N) is 1. The Morgan fingerprint density at radius 2 is 1.90 bits per heavy atom. The van der Waals surface area contributed by atoms with Crippen LogP contribution in [-0.2, 0) is 11.2 Å². The summed E-state index contributed by atoms with van der Waals surface area (Å²) in [5.74, 6) is -0.215. The number of nitro groups is 1. The third-order valence-corrected chi connectivity index (χ3v) is 3.81. The van der Waals surface area contributed by atoms with Crippen LogP contribution in [0.4, 0.5) is 5.69 Å². The first-order valence-corrected chi connectivity index (χ1v) is 7.00. The first kappa shape index (κ1) is 15.0. The molecular formula is C15H17N3O3. The van der Waals surface area contributed by atoms with E-state index in [0.29, 0.717) is 18.4 Å². The van der Waals surface area contributed by atoms with Crippen LogP contribution in [0, 0.1) is 21.4 Å². The second kappa shape index (κ2) is 6.35. The van der Waals surface area contributed by atoms with Crippen LogP contribution in [0.2, 0.25) is 0 Å². The normalized spacial score (nSPS) is 16.7. The molecule has 0 radical (unpaired) electrons. The molecule has 1 N–H and O–H groups in total. The lowest BCUT2D eigenvalue weighted by atomic mass is 9.82. The molecule has 0 saturated heterocycles. The summed E-state index contributed by atoms with van der Waals surface area (Å²) in [7, 11) is 0. The first-order chi connectivity index (χ1) is 10.0. The van der Waals surface area contributed by atoms with Gasteiger partial charge in [-0.2, -0.15) is 5.26 Å². The molecule has 0 aliphatic heterocycles. The van der Waals surface area contributed by atoms with Crippen molar-refractivity contribution in [3.8, 4) is 6.07 Å². The number of rotatable bonds is 4. The van der Waals surface area contributed by atoms with E-state index in [1.165, 1.54) is 12.1 Å². The van der Waals surface area contributed by atoms with Crippen molar-refractivity contribution in [1.29, 1.82) is 5.26 Å². The molecule has 0 spiro atoms. The number of amides is 1. The number of non-ortho nitro benzene ring substituents is 1. The van der Waals surface area contributed by atoms with E-state index in [2.05, 4.69) is 11.4 Å². The Balaban J connectivity index is 1.98. The minimum atomic E-state index is -0.740. The first-order valence-electron chi connectivity index (χ1n) is 7.00. The maximum atomic E-state index is 12.1. The highest BCUT2D eigenvalue weighted by Gasteiger charge is 2.33. The molecule has 1 amide bonds. The maximum absolute atomic E-state index is 12.1. The number of benzene rings is 1. The van der Waals surface area contributed by atoms with Crippen molar-refractivity contribution >= 4 is 11.6 Å². The highest BCUT2D eigenvalue weighted by Crippen LogP contribution is 2.27. The van der Waals surface area contributed by atoms with E-state index in [4.69, 9.17) is 0 Å². The molecule has 0 unspecified atom stereocenters. The second-order valence-electron chi connectivity index (χ2n) is 5.40. The van der Waals surface area contributed by atoms with E-state index < -0.39 is 10.5 Å². The van der Waals surface area contributed by atoms with Gasteiger partial charge in [0.05, 0.1) is 17.4 Å². The molecule has 1 aliphatic carbocycles. The van der Waals surface area contributed by atoms with E-state index in [1.54, 1.807) is 12.1 Å². The summed E-state index contributed by atoms with van der Waals surface area (Å²) >= 11 is 0. The monoisotopic (exact) mass is 287 g/mol. The van der Waals surface area contributed by atoms with Crippen LogP contribution in [0.1, 0.15) is 37.7 Å². The summed E-state index contributed by atoms with van der Waals surface area (Å²) in [5.41, 5.74) is -0.0437. The predicted octanol–water partition coefficient (Wildman–Crippen LogP) is 2.48. The van der Waals surface area contributed by atoms with Gasteiger partial charge in [-0.05, 0) is 18.4 Å². The molecule has 1 aromatic rings. The lowest BCUT2D eigenvalue weighted by Gasteiger charge is -2.31. The summed E-state index contributed by atoms with van der Waals surface area (Å²) in [6.45, 7) is 0. The Labute approximate surface area is 122 Å². The quantitative estimate of drug-likeness (QED) is 0.679. The van der Waals surface area contributed by atoms with Gasteiger partial charge in [-0.1, -0.05) is 31.4 Å². The van der Waals surface area contributed by atoms with Crippen molar-refractivity contribution in [1.82, 2.24) is 5.32 Å². The number of carbonyl (C=O) groups is 1. The predicted molar refractivity (Wildman–Crippen MR) is 76.4 cm³/mol. The van der Waals surface area contributed by atoms with Gasteiger partial charge in [-0.25, -0.2) is 0 Å². The molecule has 21 heavy (non-hydrogen) atoms. The van der Waals surface area contributed by atoms with Crippen LogP contribution in [0.25, 0.3) is 0 Å². The smallest absolute Gasteiger partial charge is 0.269 e. The number of hydrogen-bond acceptors (Lipinski definition) is 4. The van der Waals surface area contributed by atoms with Crippen LogP contribution in [0.5, 0.6) is 0 Å². The fourth-order valence-electron chi connectivity index (χ4n) is 2.65. The van der Waals surface area contributed by atoms with Crippen molar-refractivity contribution in [2.24, 2.45) is 0 Å². The Bertz CT molecular complexity index is 569. The largest absolute Gasteiger partial charge is 0.338 e. The molecule has 0 heterocycles. The van der Waals surface area contributed by atoms with Crippen molar-refractivity contribution in [2.45, 2.75) is 44.1 Å². The van der Waals surface area contributed by atoms with Gasteiger partial charge in [-0.15, -0.1) is 0 Å². The van der Waals surface area contributed by atoms with Crippen LogP contribution < -0.4 is 5.32 Å². The van der Waals surface area contributed by atoms with E-state index in [0.717, 1.165) is 19.3 Å². The zero-order valence-electron chi connectivity index (χ0n) is 11.7. The maximum Gasteiger partial charge on any atom is 0.269 e. The molecular weight excluding hydrogens is 270 g/mol. The molecule has 2 rings (SSSR count). The highest BCUT2D eigenvalue weighted by atomic mass is 16.6.